The lowest BCUT2D eigenvalue weighted by Gasteiger charge is -2.57. The maximum absolute atomic E-state index is 13.1. The van der Waals surface area contributed by atoms with Crippen molar-refractivity contribution in [2.45, 2.75) is 77.6 Å². The molecule has 1 aromatic carbocycles. The van der Waals surface area contributed by atoms with Crippen LogP contribution in [0, 0.1) is 23.2 Å². The molecule has 4 nitrogen and oxygen atoms in total. The van der Waals surface area contributed by atoms with Crippen molar-refractivity contribution in [3.05, 3.63) is 29.8 Å². The number of urea groups is 1. The highest BCUT2D eigenvalue weighted by Gasteiger charge is 2.50. The zero-order valence-corrected chi connectivity index (χ0v) is 20.7. The van der Waals surface area contributed by atoms with Gasteiger partial charge in [-0.1, -0.05) is 31.9 Å². The van der Waals surface area contributed by atoms with Crippen LogP contribution in [-0.4, -0.2) is 44.7 Å². The van der Waals surface area contributed by atoms with E-state index >= 15 is 0 Å². The number of hydrogen-bond acceptors (Lipinski definition) is 2. The van der Waals surface area contributed by atoms with Gasteiger partial charge in [0.25, 0.3) is 0 Å². The van der Waals surface area contributed by atoms with E-state index in [2.05, 4.69) is 60.4 Å². The second kappa shape index (κ2) is 10.5. The maximum atomic E-state index is 13.1. The lowest BCUT2D eigenvalue weighted by atomic mass is 9.49. The Morgan fingerprint density at radius 3 is 2.34 bits per heavy atom. The fourth-order valence-electron chi connectivity index (χ4n) is 7.25. The normalized spacial score (nSPS) is 28.0. The first-order valence-electron chi connectivity index (χ1n) is 13.3. The van der Waals surface area contributed by atoms with E-state index < -0.39 is 0 Å². The minimum absolute atomic E-state index is 0.148. The Morgan fingerprint density at radius 2 is 1.72 bits per heavy atom. The zero-order chi connectivity index (χ0) is 22.6. The molecule has 32 heavy (non-hydrogen) atoms. The van der Waals surface area contributed by atoms with E-state index in [1.807, 2.05) is 0 Å². The molecule has 0 saturated heterocycles. The Balaban J connectivity index is 1.29. The molecule has 4 fully saturated rings. The molecule has 0 heterocycles. The summed E-state index contributed by atoms with van der Waals surface area (Å²) in [5.41, 5.74) is 3.04. The highest BCUT2D eigenvalue weighted by molar-refractivity contribution is 5.74. The van der Waals surface area contributed by atoms with Crippen LogP contribution >= 0.6 is 0 Å². The Bertz CT molecular complexity index is 724. The Labute approximate surface area is 196 Å². The van der Waals surface area contributed by atoms with Crippen molar-refractivity contribution >= 4 is 11.7 Å². The van der Waals surface area contributed by atoms with Gasteiger partial charge in [0.1, 0.15) is 0 Å². The largest absolute Gasteiger partial charge is 0.378 e. The van der Waals surface area contributed by atoms with Gasteiger partial charge in [0.2, 0.25) is 0 Å². The minimum Gasteiger partial charge on any atom is -0.378 e. The molecule has 4 saturated carbocycles. The highest BCUT2D eigenvalue weighted by Crippen LogP contribution is 2.61. The average molecular weight is 440 g/mol. The topological polar surface area (TPSA) is 35.6 Å². The number of amides is 2. The van der Waals surface area contributed by atoms with Gasteiger partial charge in [0, 0.05) is 39.4 Å². The van der Waals surface area contributed by atoms with Gasteiger partial charge in [0.05, 0.1) is 0 Å². The van der Waals surface area contributed by atoms with Crippen molar-refractivity contribution in [2.24, 2.45) is 23.2 Å². The van der Waals surface area contributed by atoms with Gasteiger partial charge >= 0.3 is 6.03 Å². The van der Waals surface area contributed by atoms with Crippen molar-refractivity contribution in [1.82, 2.24) is 10.2 Å². The zero-order valence-electron chi connectivity index (χ0n) is 20.7. The fourth-order valence-corrected chi connectivity index (χ4v) is 7.25. The molecule has 2 amide bonds. The Morgan fingerprint density at radius 1 is 1.03 bits per heavy atom. The van der Waals surface area contributed by atoms with Gasteiger partial charge in [-0.15, -0.1) is 0 Å². The summed E-state index contributed by atoms with van der Waals surface area (Å²) in [6, 6.07) is 8.76. The first-order valence-corrected chi connectivity index (χ1v) is 13.3. The third-order valence-corrected chi connectivity index (χ3v) is 8.51. The number of rotatable bonds is 11. The van der Waals surface area contributed by atoms with Crippen LogP contribution in [0.1, 0.15) is 76.7 Å². The van der Waals surface area contributed by atoms with Crippen molar-refractivity contribution in [1.29, 1.82) is 0 Å². The molecule has 1 aromatic rings. The molecule has 4 heteroatoms. The first kappa shape index (κ1) is 23.4. The molecule has 5 rings (SSSR count). The molecule has 1 N–H and O–H groups in total. The summed E-state index contributed by atoms with van der Waals surface area (Å²) in [6.07, 6.45) is 14.4. The van der Waals surface area contributed by atoms with Gasteiger partial charge in [-0.25, -0.2) is 4.79 Å². The predicted molar refractivity (Wildman–Crippen MR) is 134 cm³/mol. The van der Waals surface area contributed by atoms with Gasteiger partial charge < -0.3 is 15.1 Å². The molecule has 0 aromatic heterocycles. The van der Waals surface area contributed by atoms with Crippen LogP contribution in [-0.2, 0) is 6.42 Å². The third-order valence-electron chi connectivity index (χ3n) is 8.51. The van der Waals surface area contributed by atoms with Crippen LogP contribution < -0.4 is 10.2 Å². The van der Waals surface area contributed by atoms with E-state index in [1.54, 1.807) is 0 Å². The number of hydrogen-bond donors (Lipinski definition) is 1. The molecule has 0 radical (unpaired) electrons. The van der Waals surface area contributed by atoms with Crippen molar-refractivity contribution < 1.29 is 4.79 Å². The Hall–Kier alpha value is -1.71. The number of anilines is 1. The van der Waals surface area contributed by atoms with E-state index in [0.717, 1.165) is 43.7 Å². The molecule has 0 atom stereocenters. The lowest BCUT2D eigenvalue weighted by molar-refractivity contribution is -0.0596. The van der Waals surface area contributed by atoms with Gasteiger partial charge in [-0.2, -0.15) is 0 Å². The number of nitrogens with zero attached hydrogens (tertiary/aromatic N) is 2. The van der Waals surface area contributed by atoms with Crippen LogP contribution in [0.5, 0.6) is 0 Å². The van der Waals surface area contributed by atoms with E-state index in [0.29, 0.717) is 12.0 Å². The standard InChI is InChI=1S/C28H45N3O/c1-4-5-6-13-31(14-11-28-19-23-15-24(20-28)17-25(16-23)21-28)27(32)29-12-10-22-8-7-9-26(18-22)30(2)3/h7-9,18,23-25H,4-6,10-17,19-21H2,1-3H3,(H,29,32). The molecule has 4 aliphatic carbocycles. The molecule has 4 aliphatic rings. The van der Waals surface area contributed by atoms with Crippen LogP contribution in [0.2, 0.25) is 0 Å². The summed E-state index contributed by atoms with van der Waals surface area (Å²) in [7, 11) is 4.14. The predicted octanol–water partition coefficient (Wildman–Crippen LogP) is 6.10. The smallest absolute Gasteiger partial charge is 0.317 e. The molecule has 178 valence electrons. The first-order chi connectivity index (χ1) is 15.5. The van der Waals surface area contributed by atoms with Crippen LogP contribution in [0.4, 0.5) is 10.5 Å². The minimum atomic E-state index is 0.148. The van der Waals surface area contributed by atoms with Crippen LogP contribution in [0.15, 0.2) is 24.3 Å². The maximum Gasteiger partial charge on any atom is 0.317 e. The summed E-state index contributed by atoms with van der Waals surface area (Å²) in [6.45, 7) is 4.79. The Kier molecular flexibility index (Phi) is 7.68. The summed E-state index contributed by atoms with van der Waals surface area (Å²) in [5.74, 6) is 2.96. The van der Waals surface area contributed by atoms with E-state index in [9.17, 15) is 4.79 Å². The van der Waals surface area contributed by atoms with Crippen molar-refractivity contribution in [2.75, 3.05) is 38.6 Å². The second-order valence-electron chi connectivity index (χ2n) is 11.4. The lowest BCUT2D eigenvalue weighted by Crippen LogP contribution is -2.48. The molecule has 4 bridgehead atoms. The van der Waals surface area contributed by atoms with Crippen molar-refractivity contribution in [3.8, 4) is 0 Å². The molecule has 0 unspecified atom stereocenters. The molecule has 0 spiro atoms. The summed E-state index contributed by atoms with van der Waals surface area (Å²) in [4.78, 5) is 17.4. The number of carbonyl (C=O) groups excluding carboxylic acids is 1. The van der Waals surface area contributed by atoms with Gasteiger partial charge in [-0.3, -0.25) is 0 Å². The summed E-state index contributed by atoms with van der Waals surface area (Å²) < 4.78 is 0. The van der Waals surface area contributed by atoms with Gasteiger partial charge in [0.15, 0.2) is 0 Å². The summed E-state index contributed by atoms with van der Waals surface area (Å²) >= 11 is 0. The number of carbonyl (C=O) groups is 1. The number of unbranched alkanes of at least 4 members (excludes halogenated alkanes) is 2. The van der Waals surface area contributed by atoms with Crippen LogP contribution in [0.25, 0.3) is 0 Å². The highest BCUT2D eigenvalue weighted by atomic mass is 16.2. The van der Waals surface area contributed by atoms with E-state index in [1.165, 1.54) is 69.0 Å². The third kappa shape index (κ3) is 5.80. The van der Waals surface area contributed by atoms with Crippen molar-refractivity contribution in [3.63, 3.8) is 0 Å². The molecular formula is C28H45N3O. The van der Waals surface area contributed by atoms with E-state index in [-0.39, 0.29) is 6.03 Å². The summed E-state index contributed by atoms with van der Waals surface area (Å²) in [5, 5.41) is 3.24. The number of nitrogens with one attached hydrogen (secondary N) is 1. The van der Waals surface area contributed by atoms with Gasteiger partial charge in [-0.05, 0) is 98.7 Å². The fraction of sp³-hybridized carbons (Fsp3) is 0.750. The average Bonchev–Trinajstić information content (AvgIpc) is 2.75. The second-order valence-corrected chi connectivity index (χ2v) is 11.4. The monoisotopic (exact) mass is 439 g/mol. The number of benzene rings is 1. The van der Waals surface area contributed by atoms with E-state index in [4.69, 9.17) is 0 Å². The SMILES string of the molecule is CCCCCN(CCC12CC3CC(CC(C3)C1)C2)C(=O)NCCc1cccc(N(C)C)c1. The molecular weight excluding hydrogens is 394 g/mol. The quantitative estimate of drug-likeness (QED) is 0.423. The van der Waals surface area contributed by atoms with Crippen LogP contribution in [0.3, 0.4) is 0 Å². The molecule has 0 aliphatic heterocycles.